The summed E-state index contributed by atoms with van der Waals surface area (Å²) in [6.45, 7) is 0. The van der Waals surface area contributed by atoms with Crippen molar-refractivity contribution in [1.29, 1.82) is 0 Å². The fraction of sp³-hybridized carbons (Fsp3) is 0.250. The number of carbonyl (C=O) groups is 1. The Bertz CT molecular complexity index is 1370. The Balaban J connectivity index is 2.20. The Hall–Kier alpha value is -3.40. The van der Waals surface area contributed by atoms with Crippen LogP contribution in [0.3, 0.4) is 0 Å². The van der Waals surface area contributed by atoms with Gasteiger partial charge < -0.3 is 20.1 Å². The molecule has 4 rings (SSSR count). The highest BCUT2D eigenvalue weighted by Gasteiger charge is 2.34. The predicted octanol–water partition coefficient (Wildman–Crippen LogP) is 1.86. The maximum absolute atomic E-state index is 14.1. The Labute approximate surface area is 171 Å². The third kappa shape index (κ3) is 3.09. The lowest BCUT2D eigenvalue weighted by atomic mass is 9.94. The molecule has 0 radical (unpaired) electrons. The number of rotatable bonds is 4. The zero-order valence-electron chi connectivity index (χ0n) is 15.8. The normalized spacial score (nSPS) is 16.3. The van der Waals surface area contributed by atoms with Crippen LogP contribution >= 0.6 is 0 Å². The van der Waals surface area contributed by atoms with E-state index in [1.807, 2.05) is 0 Å². The smallest absolute Gasteiger partial charge is 0.341 e. The molecule has 2 aliphatic carbocycles. The number of aromatic nitrogens is 1. The van der Waals surface area contributed by atoms with E-state index in [1.165, 1.54) is 19.3 Å². The number of methoxy groups -OCH3 is 1. The molecule has 0 aliphatic heterocycles. The molecule has 0 amide bonds. The first-order valence-corrected chi connectivity index (χ1v) is 10.1. The van der Waals surface area contributed by atoms with Gasteiger partial charge in [-0.3, -0.25) is 4.79 Å². The van der Waals surface area contributed by atoms with E-state index in [9.17, 15) is 27.5 Å². The van der Waals surface area contributed by atoms with Crippen molar-refractivity contribution >= 4 is 37.6 Å². The number of hydrogen-bond donors (Lipinski definition) is 2. The van der Waals surface area contributed by atoms with Crippen molar-refractivity contribution in [3.63, 3.8) is 0 Å². The maximum Gasteiger partial charge on any atom is 0.341 e. The summed E-state index contributed by atoms with van der Waals surface area (Å²) in [6.07, 6.45) is 4.15. The van der Waals surface area contributed by atoms with Crippen LogP contribution in [0.4, 0.5) is 4.39 Å². The van der Waals surface area contributed by atoms with Gasteiger partial charge in [-0.05, 0) is 30.6 Å². The fourth-order valence-corrected chi connectivity index (χ4v) is 4.31. The van der Waals surface area contributed by atoms with Crippen LogP contribution in [-0.2, 0) is 10.3 Å². The Morgan fingerprint density at radius 3 is 2.57 bits per heavy atom. The number of fused-ring (bicyclic) bond motifs is 1. The van der Waals surface area contributed by atoms with Crippen LogP contribution in [0, 0.1) is 5.82 Å². The van der Waals surface area contributed by atoms with Gasteiger partial charge in [-0.1, -0.05) is 6.08 Å². The Morgan fingerprint density at radius 2 is 2.00 bits per heavy atom. The summed E-state index contributed by atoms with van der Waals surface area (Å²) < 4.78 is 44.2. The zero-order valence-corrected chi connectivity index (χ0v) is 16.6. The molecule has 2 aliphatic rings. The summed E-state index contributed by atoms with van der Waals surface area (Å²) >= 11 is 0. The topological polar surface area (TPSA) is 129 Å². The predicted molar refractivity (Wildman–Crippen MR) is 109 cm³/mol. The van der Waals surface area contributed by atoms with Crippen molar-refractivity contribution in [3.8, 4) is 5.75 Å². The lowest BCUT2D eigenvalue weighted by Gasteiger charge is -2.23. The number of nitrogens with two attached hydrogens (primary N) is 1. The van der Waals surface area contributed by atoms with E-state index in [1.54, 1.807) is 4.57 Å². The van der Waals surface area contributed by atoms with Crippen LogP contribution in [0.5, 0.6) is 5.75 Å². The van der Waals surface area contributed by atoms with Gasteiger partial charge in [0.15, 0.2) is 0 Å². The molecule has 0 saturated heterocycles. The second-order valence-corrected chi connectivity index (χ2v) is 8.07. The molecule has 8 nitrogen and oxygen atoms in total. The number of hydrogen-bond acceptors (Lipinski definition) is 6. The van der Waals surface area contributed by atoms with Gasteiger partial charge in [0, 0.05) is 18.5 Å². The van der Waals surface area contributed by atoms with Crippen LogP contribution in [0.25, 0.3) is 16.5 Å². The summed E-state index contributed by atoms with van der Waals surface area (Å²) in [6, 6.07) is 1.99. The van der Waals surface area contributed by atoms with E-state index in [4.69, 9.17) is 10.5 Å². The highest BCUT2D eigenvalue weighted by molar-refractivity contribution is 7.73. The van der Waals surface area contributed by atoms with Crippen molar-refractivity contribution in [1.82, 2.24) is 4.57 Å². The highest BCUT2D eigenvalue weighted by Crippen LogP contribution is 2.43. The van der Waals surface area contributed by atoms with E-state index in [-0.39, 0.29) is 45.4 Å². The first kappa shape index (κ1) is 19.9. The van der Waals surface area contributed by atoms with Gasteiger partial charge in [0.05, 0.1) is 34.3 Å². The number of allylic oxidation sites excluding steroid dienone is 4. The molecular weight excluding hydrogens is 415 g/mol. The van der Waals surface area contributed by atoms with Crippen molar-refractivity contribution in [2.75, 3.05) is 7.11 Å². The van der Waals surface area contributed by atoms with E-state index in [0.29, 0.717) is 5.57 Å². The maximum atomic E-state index is 14.1. The lowest BCUT2D eigenvalue weighted by molar-refractivity contribution is 0.0694. The second kappa shape index (κ2) is 7.13. The van der Waals surface area contributed by atoms with Crippen LogP contribution in [0.1, 0.15) is 41.4 Å². The largest absolute Gasteiger partial charge is 0.494 e. The minimum atomic E-state index is -2.61. The molecule has 0 spiro atoms. The second-order valence-electron chi connectivity index (χ2n) is 7.11. The molecule has 0 atom stereocenters. The van der Waals surface area contributed by atoms with Gasteiger partial charge in [-0.25, -0.2) is 9.18 Å². The van der Waals surface area contributed by atoms with E-state index >= 15 is 0 Å². The summed E-state index contributed by atoms with van der Waals surface area (Å²) in [5, 5.41) is 9.74. The summed E-state index contributed by atoms with van der Waals surface area (Å²) in [5.41, 5.74) is 5.07. The average molecular weight is 432 g/mol. The van der Waals surface area contributed by atoms with Crippen molar-refractivity contribution < 1.29 is 27.4 Å². The molecule has 3 N–H and O–H groups in total. The van der Waals surface area contributed by atoms with Crippen LogP contribution in [0.15, 0.2) is 34.8 Å². The molecule has 10 heteroatoms. The van der Waals surface area contributed by atoms with Crippen LogP contribution < -0.4 is 15.9 Å². The number of pyridine rings is 1. The SMILES string of the molecule is COc1cc(F)cc2c(=O)c(C(=O)O)c(C3=CC=C(N)C(=S(=O)=O)C3)n(C3CC3)c12. The summed E-state index contributed by atoms with van der Waals surface area (Å²) in [5.74, 6) is -2.12. The molecular formula is C20H17FN2O6S. The van der Waals surface area contributed by atoms with Gasteiger partial charge in [0.1, 0.15) is 17.1 Å². The molecule has 0 bridgehead atoms. The molecule has 2 aromatic rings. The van der Waals surface area contributed by atoms with E-state index in [0.717, 1.165) is 25.0 Å². The summed E-state index contributed by atoms with van der Waals surface area (Å²) in [4.78, 5) is 25.1. The van der Waals surface area contributed by atoms with Gasteiger partial charge in [0.2, 0.25) is 15.7 Å². The number of halogens is 1. The molecule has 1 heterocycles. The van der Waals surface area contributed by atoms with Crippen molar-refractivity contribution in [2.45, 2.75) is 25.3 Å². The van der Waals surface area contributed by atoms with E-state index < -0.39 is 33.1 Å². The first-order chi connectivity index (χ1) is 14.2. The van der Waals surface area contributed by atoms with Gasteiger partial charge in [-0.2, -0.15) is 8.42 Å². The van der Waals surface area contributed by atoms with E-state index in [2.05, 4.69) is 0 Å². The lowest BCUT2D eigenvalue weighted by Crippen LogP contribution is -2.26. The minimum absolute atomic E-state index is 0.0460. The molecule has 1 fully saturated rings. The third-order valence-electron chi connectivity index (χ3n) is 5.22. The number of nitrogens with zero attached hydrogens (tertiary/aromatic N) is 1. The fourth-order valence-electron chi connectivity index (χ4n) is 3.77. The number of carboxylic acids is 1. The monoisotopic (exact) mass is 432 g/mol. The van der Waals surface area contributed by atoms with Crippen LogP contribution in [-0.4, -0.2) is 36.0 Å². The van der Waals surface area contributed by atoms with Crippen molar-refractivity contribution in [3.05, 3.63) is 57.3 Å². The average Bonchev–Trinajstić information content (AvgIpc) is 3.52. The standard InChI is InChI=1S/C20H17FN2O6S/c1-29-14-8-10(21)7-12-18(14)23(11-3-4-11)17(16(19(12)24)20(25)26)9-2-5-13(22)15(6-9)30(27)28/h2,5,7-8,11H,3-4,6,22H2,1H3,(H,25,26). The van der Waals surface area contributed by atoms with Crippen LogP contribution in [0.2, 0.25) is 0 Å². The zero-order chi connectivity index (χ0) is 21.7. The molecule has 1 saturated carbocycles. The molecule has 0 unspecified atom stereocenters. The number of ether oxygens (including phenoxy) is 1. The highest BCUT2D eigenvalue weighted by atomic mass is 32.2. The van der Waals surface area contributed by atoms with Gasteiger partial charge >= 0.3 is 5.97 Å². The molecule has 1 aromatic heterocycles. The third-order valence-corrected chi connectivity index (χ3v) is 6.00. The quantitative estimate of drug-likeness (QED) is 0.706. The number of benzene rings is 1. The summed E-state index contributed by atoms with van der Waals surface area (Å²) in [7, 11) is -1.28. The Kier molecular flexibility index (Phi) is 4.73. The first-order valence-electron chi connectivity index (χ1n) is 9.05. The van der Waals surface area contributed by atoms with Gasteiger partial charge in [-0.15, -0.1) is 0 Å². The number of aromatic carboxylic acids is 1. The molecule has 30 heavy (non-hydrogen) atoms. The van der Waals surface area contributed by atoms with Gasteiger partial charge in [0.25, 0.3) is 0 Å². The number of carboxylic acid groups (broad SMARTS) is 1. The minimum Gasteiger partial charge on any atom is -0.494 e. The molecule has 1 aromatic carbocycles. The Morgan fingerprint density at radius 1 is 1.30 bits per heavy atom. The van der Waals surface area contributed by atoms with Crippen molar-refractivity contribution in [2.24, 2.45) is 5.73 Å². The molecule has 156 valence electrons.